The van der Waals surface area contributed by atoms with Crippen molar-refractivity contribution in [1.29, 1.82) is 0 Å². The molecule has 6 nitrogen and oxygen atoms in total. The van der Waals surface area contributed by atoms with Gasteiger partial charge in [0, 0.05) is 5.56 Å². The van der Waals surface area contributed by atoms with Crippen LogP contribution in [0.5, 0.6) is 0 Å². The highest BCUT2D eigenvalue weighted by molar-refractivity contribution is 7.86. The van der Waals surface area contributed by atoms with Crippen LogP contribution in [0, 0.1) is 11.8 Å². The SMILES string of the molecule is Nc1cc(-c2ncnc(F)c2F)ccc1S(=O)(=O)O. The summed E-state index contributed by atoms with van der Waals surface area (Å²) in [6, 6.07) is 3.18. The molecule has 0 fully saturated rings. The first-order valence-electron chi connectivity index (χ1n) is 4.84. The normalized spacial score (nSPS) is 11.5. The summed E-state index contributed by atoms with van der Waals surface area (Å²) in [6.45, 7) is 0. The van der Waals surface area contributed by atoms with Gasteiger partial charge < -0.3 is 5.73 Å². The summed E-state index contributed by atoms with van der Waals surface area (Å²) in [5.74, 6) is -2.61. The molecule has 0 radical (unpaired) electrons. The number of rotatable bonds is 2. The van der Waals surface area contributed by atoms with Crippen LogP contribution in [0.25, 0.3) is 11.3 Å². The second-order valence-corrected chi connectivity index (χ2v) is 4.94. The van der Waals surface area contributed by atoms with Gasteiger partial charge in [-0.05, 0) is 12.1 Å². The Hall–Kier alpha value is -2.13. The van der Waals surface area contributed by atoms with Crippen LogP contribution >= 0.6 is 0 Å². The van der Waals surface area contributed by atoms with Gasteiger partial charge in [0.05, 0.1) is 5.69 Å². The number of nitrogen functional groups attached to an aromatic ring is 1. The van der Waals surface area contributed by atoms with Gasteiger partial charge in [0.1, 0.15) is 16.9 Å². The summed E-state index contributed by atoms with van der Waals surface area (Å²) in [5, 5.41) is 0. The Kier molecular flexibility index (Phi) is 3.16. The Morgan fingerprint density at radius 2 is 1.89 bits per heavy atom. The number of halogens is 2. The average molecular weight is 287 g/mol. The molecule has 0 bridgehead atoms. The highest BCUT2D eigenvalue weighted by atomic mass is 32.2. The lowest BCUT2D eigenvalue weighted by molar-refractivity contribution is 0.476. The predicted octanol–water partition coefficient (Wildman–Crippen LogP) is 1.25. The zero-order valence-corrected chi connectivity index (χ0v) is 10.0. The Labute approximate surface area is 106 Å². The summed E-state index contributed by atoms with van der Waals surface area (Å²) in [4.78, 5) is 6.05. The molecule has 1 aromatic carbocycles. The first kappa shape index (κ1) is 13.3. The van der Waals surface area contributed by atoms with Crippen LogP contribution in [0.15, 0.2) is 29.4 Å². The van der Waals surface area contributed by atoms with Gasteiger partial charge >= 0.3 is 0 Å². The van der Waals surface area contributed by atoms with Crippen LogP contribution in [-0.4, -0.2) is 22.9 Å². The van der Waals surface area contributed by atoms with Crippen LogP contribution in [0.4, 0.5) is 14.5 Å². The molecule has 3 N–H and O–H groups in total. The van der Waals surface area contributed by atoms with E-state index in [-0.39, 0.29) is 16.9 Å². The minimum absolute atomic E-state index is 0.0590. The predicted molar refractivity (Wildman–Crippen MR) is 61.6 cm³/mol. The van der Waals surface area contributed by atoms with Gasteiger partial charge in [0.2, 0.25) is 5.82 Å². The molecule has 0 aliphatic heterocycles. The molecule has 2 rings (SSSR count). The van der Waals surface area contributed by atoms with Gasteiger partial charge in [-0.1, -0.05) is 6.07 Å². The third kappa shape index (κ3) is 2.51. The summed E-state index contributed by atoms with van der Waals surface area (Å²) in [5.41, 5.74) is 4.83. The quantitative estimate of drug-likeness (QED) is 0.489. The van der Waals surface area contributed by atoms with Crippen molar-refractivity contribution in [2.75, 3.05) is 5.73 Å². The molecule has 0 amide bonds. The number of nitrogens with two attached hydrogens (primary N) is 1. The van der Waals surface area contributed by atoms with E-state index in [1.165, 1.54) is 0 Å². The molecule has 0 saturated heterocycles. The van der Waals surface area contributed by atoms with Crippen LogP contribution < -0.4 is 5.73 Å². The lowest BCUT2D eigenvalue weighted by Crippen LogP contribution is -2.04. The fraction of sp³-hybridized carbons (Fsp3) is 0. The highest BCUT2D eigenvalue weighted by Crippen LogP contribution is 2.27. The largest absolute Gasteiger partial charge is 0.398 e. The van der Waals surface area contributed by atoms with Crippen molar-refractivity contribution < 1.29 is 21.8 Å². The second-order valence-electron chi connectivity index (χ2n) is 3.55. The molecule has 0 spiro atoms. The van der Waals surface area contributed by atoms with Crippen molar-refractivity contribution >= 4 is 15.8 Å². The lowest BCUT2D eigenvalue weighted by Gasteiger charge is -2.06. The van der Waals surface area contributed by atoms with E-state index in [0.717, 1.165) is 24.5 Å². The molecule has 1 aromatic heterocycles. The van der Waals surface area contributed by atoms with Gasteiger partial charge in [-0.25, -0.2) is 9.97 Å². The number of hydrogen-bond acceptors (Lipinski definition) is 5. The Morgan fingerprint density at radius 3 is 2.47 bits per heavy atom. The molecule has 2 aromatic rings. The first-order chi connectivity index (χ1) is 8.80. The molecule has 0 unspecified atom stereocenters. The van der Waals surface area contributed by atoms with Crippen LogP contribution in [0.3, 0.4) is 0 Å². The van der Waals surface area contributed by atoms with Crippen molar-refractivity contribution in [1.82, 2.24) is 9.97 Å². The van der Waals surface area contributed by atoms with E-state index in [1.807, 2.05) is 0 Å². The Balaban J connectivity index is 2.60. The molecule has 0 aliphatic rings. The van der Waals surface area contributed by atoms with Crippen molar-refractivity contribution in [2.45, 2.75) is 4.90 Å². The highest BCUT2D eigenvalue weighted by Gasteiger charge is 2.17. The maximum atomic E-state index is 13.4. The summed E-state index contributed by atoms with van der Waals surface area (Å²) in [6.07, 6.45) is 0.820. The summed E-state index contributed by atoms with van der Waals surface area (Å²) < 4.78 is 57.1. The zero-order valence-electron chi connectivity index (χ0n) is 9.21. The molecule has 100 valence electrons. The van der Waals surface area contributed by atoms with Gasteiger partial charge in [-0.15, -0.1) is 0 Å². The smallest absolute Gasteiger partial charge is 0.296 e. The topological polar surface area (TPSA) is 106 Å². The van der Waals surface area contributed by atoms with E-state index >= 15 is 0 Å². The maximum Gasteiger partial charge on any atom is 0.296 e. The molecule has 0 saturated carbocycles. The van der Waals surface area contributed by atoms with Crippen LogP contribution in [-0.2, 0) is 10.1 Å². The minimum atomic E-state index is -4.48. The molecule has 1 heterocycles. The number of nitrogens with zero attached hydrogens (tertiary/aromatic N) is 2. The van der Waals surface area contributed by atoms with Crippen LogP contribution in [0.1, 0.15) is 0 Å². The maximum absolute atomic E-state index is 13.4. The van der Waals surface area contributed by atoms with Gasteiger partial charge in [-0.2, -0.15) is 17.2 Å². The van der Waals surface area contributed by atoms with E-state index < -0.39 is 26.8 Å². The first-order valence-corrected chi connectivity index (χ1v) is 6.28. The van der Waals surface area contributed by atoms with E-state index in [1.54, 1.807) is 0 Å². The molecule has 19 heavy (non-hydrogen) atoms. The monoisotopic (exact) mass is 287 g/mol. The Morgan fingerprint density at radius 1 is 1.21 bits per heavy atom. The number of hydrogen-bond donors (Lipinski definition) is 2. The summed E-state index contributed by atoms with van der Waals surface area (Å²) >= 11 is 0. The summed E-state index contributed by atoms with van der Waals surface area (Å²) in [7, 11) is -4.48. The van der Waals surface area contributed by atoms with Crippen molar-refractivity contribution in [2.24, 2.45) is 0 Å². The third-order valence-corrected chi connectivity index (χ3v) is 3.24. The second kappa shape index (κ2) is 4.52. The lowest BCUT2D eigenvalue weighted by atomic mass is 10.1. The van der Waals surface area contributed by atoms with Gasteiger partial charge in [-0.3, -0.25) is 4.55 Å². The third-order valence-electron chi connectivity index (χ3n) is 2.31. The fourth-order valence-corrected chi connectivity index (χ4v) is 2.08. The average Bonchev–Trinajstić information content (AvgIpc) is 2.31. The number of benzene rings is 1. The zero-order chi connectivity index (χ0) is 14.2. The van der Waals surface area contributed by atoms with Gasteiger partial charge in [0.25, 0.3) is 16.1 Å². The van der Waals surface area contributed by atoms with Gasteiger partial charge in [0.15, 0.2) is 0 Å². The molecule has 0 aliphatic carbocycles. The number of aromatic nitrogens is 2. The van der Waals surface area contributed by atoms with Crippen molar-refractivity contribution in [3.63, 3.8) is 0 Å². The van der Waals surface area contributed by atoms with Crippen molar-refractivity contribution in [3.8, 4) is 11.3 Å². The van der Waals surface area contributed by atoms with E-state index in [2.05, 4.69) is 9.97 Å². The van der Waals surface area contributed by atoms with E-state index in [4.69, 9.17) is 10.3 Å². The minimum Gasteiger partial charge on any atom is -0.398 e. The number of anilines is 1. The van der Waals surface area contributed by atoms with Crippen LogP contribution in [0.2, 0.25) is 0 Å². The molecular formula is C10H7F2N3O3S. The van der Waals surface area contributed by atoms with E-state index in [9.17, 15) is 17.2 Å². The fourth-order valence-electron chi connectivity index (χ4n) is 1.48. The standard InChI is InChI=1S/C10H7F2N3O3S/c11-8-9(14-4-15-10(8)12)5-1-2-7(6(13)3-5)19(16,17)18/h1-4H,13H2,(H,16,17,18). The molecule has 9 heteroatoms. The van der Waals surface area contributed by atoms with Crippen molar-refractivity contribution in [3.05, 3.63) is 36.3 Å². The molecular weight excluding hydrogens is 280 g/mol. The Bertz CT molecular complexity index is 750. The van der Waals surface area contributed by atoms with E-state index in [0.29, 0.717) is 0 Å². The molecule has 0 atom stereocenters.